The number of nitrogens with zero attached hydrogens (tertiary/aromatic N) is 3. The average molecular weight is 380 g/mol. The van der Waals surface area contributed by atoms with E-state index in [1.54, 1.807) is 6.33 Å². The summed E-state index contributed by atoms with van der Waals surface area (Å²) >= 11 is 2.33. The number of rotatable bonds is 4. The molecule has 4 nitrogen and oxygen atoms in total. The Morgan fingerprint density at radius 1 is 1.15 bits per heavy atom. The maximum absolute atomic E-state index is 4.36. The third-order valence-electron chi connectivity index (χ3n) is 3.45. The van der Waals surface area contributed by atoms with E-state index in [2.05, 4.69) is 67.0 Å². The van der Waals surface area contributed by atoms with Gasteiger partial charge in [0.25, 0.3) is 0 Å². The molecule has 1 aromatic carbocycles. The Morgan fingerprint density at radius 3 is 2.80 bits per heavy atom. The largest absolute Gasteiger partial charge is 0.366 e. The van der Waals surface area contributed by atoms with Crippen LogP contribution >= 0.6 is 22.6 Å². The molecule has 1 saturated heterocycles. The van der Waals surface area contributed by atoms with Crippen molar-refractivity contribution in [3.8, 4) is 0 Å². The van der Waals surface area contributed by atoms with Crippen LogP contribution in [0.4, 0.5) is 11.6 Å². The second-order valence-electron chi connectivity index (χ2n) is 4.94. The van der Waals surface area contributed by atoms with Crippen molar-refractivity contribution in [3.05, 3.63) is 45.8 Å². The Bertz CT molecular complexity index is 582. The fraction of sp³-hybridized carbons (Fsp3) is 0.333. The van der Waals surface area contributed by atoms with Crippen LogP contribution in [0.1, 0.15) is 18.4 Å². The maximum Gasteiger partial charge on any atom is 0.134 e. The molecule has 5 heteroatoms. The van der Waals surface area contributed by atoms with Crippen molar-refractivity contribution in [2.24, 2.45) is 0 Å². The third-order valence-corrected chi connectivity index (χ3v) is 4.12. The Hall–Kier alpha value is -1.37. The summed E-state index contributed by atoms with van der Waals surface area (Å²) in [4.78, 5) is 11.0. The Kier molecular flexibility index (Phi) is 4.34. The zero-order valence-electron chi connectivity index (χ0n) is 11.2. The van der Waals surface area contributed by atoms with Gasteiger partial charge in [0, 0.05) is 29.3 Å². The lowest BCUT2D eigenvalue weighted by Gasteiger charge is -2.16. The molecular weight excluding hydrogens is 363 g/mol. The minimum absolute atomic E-state index is 0.785. The molecule has 0 radical (unpaired) electrons. The van der Waals surface area contributed by atoms with E-state index >= 15 is 0 Å². The van der Waals surface area contributed by atoms with Gasteiger partial charge in [-0.05, 0) is 53.1 Å². The Balaban J connectivity index is 1.66. The molecule has 1 fully saturated rings. The van der Waals surface area contributed by atoms with Gasteiger partial charge in [-0.1, -0.05) is 12.1 Å². The lowest BCUT2D eigenvalue weighted by atomic mass is 10.2. The minimum Gasteiger partial charge on any atom is -0.366 e. The monoisotopic (exact) mass is 380 g/mol. The molecule has 0 saturated carbocycles. The molecule has 1 N–H and O–H groups in total. The first-order valence-corrected chi connectivity index (χ1v) is 7.94. The molecule has 2 heterocycles. The SMILES string of the molecule is Ic1cccc(CNc2cc(N3CCCC3)ncn2)c1. The van der Waals surface area contributed by atoms with Crippen LogP contribution in [-0.4, -0.2) is 23.1 Å². The zero-order chi connectivity index (χ0) is 13.8. The van der Waals surface area contributed by atoms with Crippen LogP contribution in [0.25, 0.3) is 0 Å². The highest BCUT2D eigenvalue weighted by atomic mass is 127. The molecule has 20 heavy (non-hydrogen) atoms. The molecule has 0 unspecified atom stereocenters. The number of benzene rings is 1. The van der Waals surface area contributed by atoms with Crippen LogP contribution in [-0.2, 0) is 6.54 Å². The van der Waals surface area contributed by atoms with E-state index in [1.165, 1.54) is 22.0 Å². The second-order valence-corrected chi connectivity index (χ2v) is 6.18. The first-order chi connectivity index (χ1) is 9.81. The molecular formula is C15H17IN4. The van der Waals surface area contributed by atoms with Crippen LogP contribution in [0.5, 0.6) is 0 Å². The quantitative estimate of drug-likeness (QED) is 0.827. The molecule has 0 atom stereocenters. The van der Waals surface area contributed by atoms with E-state index in [0.29, 0.717) is 0 Å². The molecule has 0 amide bonds. The van der Waals surface area contributed by atoms with E-state index < -0.39 is 0 Å². The van der Waals surface area contributed by atoms with Gasteiger partial charge in [-0.2, -0.15) is 0 Å². The summed E-state index contributed by atoms with van der Waals surface area (Å²) in [6, 6.07) is 10.5. The van der Waals surface area contributed by atoms with Gasteiger partial charge in [0.05, 0.1) is 0 Å². The Morgan fingerprint density at radius 2 is 2.00 bits per heavy atom. The highest BCUT2D eigenvalue weighted by molar-refractivity contribution is 14.1. The highest BCUT2D eigenvalue weighted by Crippen LogP contribution is 2.19. The van der Waals surface area contributed by atoms with Gasteiger partial charge in [0.2, 0.25) is 0 Å². The van der Waals surface area contributed by atoms with Gasteiger partial charge in [-0.3, -0.25) is 0 Å². The van der Waals surface area contributed by atoms with Crippen LogP contribution in [0.2, 0.25) is 0 Å². The predicted molar refractivity (Wildman–Crippen MR) is 90.0 cm³/mol. The fourth-order valence-corrected chi connectivity index (χ4v) is 3.01. The zero-order valence-corrected chi connectivity index (χ0v) is 13.4. The maximum atomic E-state index is 4.36. The lowest BCUT2D eigenvalue weighted by Crippen LogP contribution is -2.19. The van der Waals surface area contributed by atoms with Gasteiger partial charge < -0.3 is 10.2 Å². The van der Waals surface area contributed by atoms with E-state index in [-0.39, 0.29) is 0 Å². The molecule has 0 spiro atoms. The number of halogens is 1. The number of hydrogen-bond donors (Lipinski definition) is 1. The van der Waals surface area contributed by atoms with Crippen molar-refractivity contribution < 1.29 is 0 Å². The standard InChI is InChI=1S/C15H17IN4/c16-13-5-3-4-12(8-13)10-17-14-9-15(19-11-18-14)20-6-1-2-7-20/h3-5,8-9,11H,1-2,6-7,10H2,(H,17,18,19). The average Bonchev–Trinajstić information content (AvgIpc) is 3.00. The first kappa shape index (κ1) is 13.6. The predicted octanol–water partition coefficient (Wildman–Crippen LogP) is 3.29. The molecule has 0 bridgehead atoms. The summed E-state index contributed by atoms with van der Waals surface area (Å²) in [6.07, 6.45) is 4.16. The van der Waals surface area contributed by atoms with Gasteiger partial charge in [0.1, 0.15) is 18.0 Å². The third kappa shape index (κ3) is 3.39. The van der Waals surface area contributed by atoms with Gasteiger partial charge >= 0.3 is 0 Å². The van der Waals surface area contributed by atoms with Crippen molar-refractivity contribution in [2.75, 3.05) is 23.3 Å². The van der Waals surface area contributed by atoms with Crippen molar-refractivity contribution in [1.29, 1.82) is 0 Å². The van der Waals surface area contributed by atoms with Crippen molar-refractivity contribution in [3.63, 3.8) is 0 Å². The first-order valence-electron chi connectivity index (χ1n) is 6.86. The molecule has 1 aliphatic rings. The molecule has 1 aromatic heterocycles. The topological polar surface area (TPSA) is 41.0 Å². The van der Waals surface area contributed by atoms with Gasteiger partial charge in [-0.15, -0.1) is 0 Å². The van der Waals surface area contributed by atoms with E-state index in [1.807, 2.05) is 6.07 Å². The normalized spacial score (nSPS) is 14.6. The molecule has 104 valence electrons. The summed E-state index contributed by atoms with van der Waals surface area (Å²) in [5.74, 6) is 1.92. The lowest BCUT2D eigenvalue weighted by molar-refractivity contribution is 0.925. The van der Waals surface area contributed by atoms with Crippen molar-refractivity contribution in [1.82, 2.24) is 9.97 Å². The summed E-state index contributed by atoms with van der Waals surface area (Å²) in [5.41, 5.74) is 1.26. The van der Waals surface area contributed by atoms with Crippen LogP contribution in [0.3, 0.4) is 0 Å². The van der Waals surface area contributed by atoms with Crippen molar-refractivity contribution in [2.45, 2.75) is 19.4 Å². The molecule has 2 aromatic rings. The van der Waals surface area contributed by atoms with Crippen LogP contribution < -0.4 is 10.2 Å². The van der Waals surface area contributed by atoms with E-state index in [4.69, 9.17) is 0 Å². The molecule has 0 aliphatic carbocycles. The van der Waals surface area contributed by atoms with Crippen molar-refractivity contribution >= 4 is 34.2 Å². The summed E-state index contributed by atoms with van der Waals surface area (Å²) < 4.78 is 1.25. The smallest absolute Gasteiger partial charge is 0.134 e. The van der Waals surface area contributed by atoms with Gasteiger partial charge in [0.15, 0.2) is 0 Å². The van der Waals surface area contributed by atoms with Crippen LogP contribution in [0.15, 0.2) is 36.7 Å². The second kappa shape index (κ2) is 6.39. The van der Waals surface area contributed by atoms with Gasteiger partial charge in [-0.25, -0.2) is 9.97 Å². The summed E-state index contributed by atoms with van der Waals surface area (Å²) in [6.45, 7) is 2.99. The van der Waals surface area contributed by atoms with E-state index in [9.17, 15) is 0 Å². The fourth-order valence-electron chi connectivity index (χ4n) is 2.40. The molecule has 3 rings (SSSR count). The number of aromatic nitrogens is 2. The molecule has 1 aliphatic heterocycles. The number of nitrogens with one attached hydrogen (secondary N) is 1. The summed E-state index contributed by atoms with van der Waals surface area (Å²) in [5, 5.41) is 3.37. The van der Waals surface area contributed by atoms with Crippen LogP contribution in [0, 0.1) is 3.57 Å². The Labute approximate surface area is 132 Å². The van der Waals surface area contributed by atoms with E-state index in [0.717, 1.165) is 31.3 Å². The summed E-state index contributed by atoms with van der Waals surface area (Å²) in [7, 11) is 0. The highest BCUT2D eigenvalue weighted by Gasteiger charge is 2.13. The minimum atomic E-state index is 0.785. The number of hydrogen-bond acceptors (Lipinski definition) is 4. The number of anilines is 2.